The lowest BCUT2D eigenvalue weighted by Crippen LogP contribution is -2.16. The van der Waals surface area contributed by atoms with E-state index in [1.54, 1.807) is 0 Å². The Bertz CT molecular complexity index is 149. The summed E-state index contributed by atoms with van der Waals surface area (Å²) in [4.78, 5) is 13.9. The molecule has 0 aromatic rings. The average Bonchev–Trinajstić information content (AvgIpc) is 1.85. The second kappa shape index (κ2) is 4.77. The highest BCUT2D eigenvalue weighted by Crippen LogP contribution is 1.64. The molecule has 0 aromatic heterocycles. The van der Waals surface area contributed by atoms with Crippen LogP contribution in [0.25, 0.3) is 0 Å². The van der Waals surface area contributed by atoms with Crippen molar-refractivity contribution in [2.45, 2.75) is 0 Å². The van der Waals surface area contributed by atoms with Crippen LogP contribution in [-0.2, 0) is 4.79 Å². The number of amides is 1. The van der Waals surface area contributed by atoms with Crippen LogP contribution in [0, 0.1) is 0 Å². The smallest absolute Gasteiger partial charge is 0.266 e. The van der Waals surface area contributed by atoms with Gasteiger partial charge in [-0.2, -0.15) is 0 Å². The number of carbonyl (C=O) groups is 1. The molecule has 9 heavy (non-hydrogen) atoms. The highest BCUT2D eigenvalue weighted by atomic mass is 16.1. The number of nitrogens with one attached hydrogen (secondary N) is 1. The number of aliphatic imine (C=N–C) groups is 1. The molecule has 0 aliphatic carbocycles. The second-order valence-electron chi connectivity index (χ2n) is 1.17. The van der Waals surface area contributed by atoms with Crippen molar-refractivity contribution in [2.24, 2.45) is 4.99 Å². The van der Waals surface area contributed by atoms with Crippen LogP contribution in [0.5, 0.6) is 0 Å². The van der Waals surface area contributed by atoms with E-state index >= 15 is 0 Å². The van der Waals surface area contributed by atoms with E-state index in [2.05, 4.69) is 23.5 Å². The largest absolute Gasteiger partial charge is 0.328 e. The van der Waals surface area contributed by atoms with E-state index in [1.165, 1.54) is 12.4 Å². The minimum atomic E-state index is -0.301. The summed E-state index contributed by atoms with van der Waals surface area (Å²) in [7, 11) is 0. The van der Waals surface area contributed by atoms with Crippen LogP contribution >= 0.6 is 0 Å². The lowest BCUT2D eigenvalue weighted by Gasteiger charge is -1.86. The lowest BCUT2D eigenvalue weighted by atomic mass is 10.6. The molecule has 0 spiro atoms. The zero-order valence-electron chi connectivity index (χ0n) is 5.00. The first kappa shape index (κ1) is 7.62. The summed E-state index contributed by atoms with van der Waals surface area (Å²) in [5, 5.41) is 2.31. The summed E-state index contributed by atoms with van der Waals surface area (Å²) in [6.45, 7) is 6.58. The Kier molecular flexibility index (Phi) is 4.04. The van der Waals surface area contributed by atoms with Crippen molar-refractivity contribution in [3.05, 3.63) is 25.6 Å². The predicted molar refractivity (Wildman–Crippen MR) is 37.0 cm³/mol. The van der Waals surface area contributed by atoms with Crippen molar-refractivity contribution < 1.29 is 4.79 Å². The first-order valence-electron chi connectivity index (χ1n) is 2.36. The Morgan fingerprint density at radius 2 is 2.22 bits per heavy atom. The molecule has 0 saturated carbocycles. The summed E-state index contributed by atoms with van der Waals surface area (Å²) < 4.78 is 0. The number of nitrogens with zero attached hydrogens (tertiary/aromatic N) is 1. The zero-order chi connectivity index (χ0) is 7.11. The standard InChI is InChI=1S/C6H8N2O/c1-3-7-5-6(9)8-4-2/h3-5H,1-2H2,(H,8,9)/b7-5+. The average molecular weight is 124 g/mol. The van der Waals surface area contributed by atoms with Gasteiger partial charge in [-0.3, -0.25) is 9.79 Å². The van der Waals surface area contributed by atoms with E-state index in [0.717, 1.165) is 6.21 Å². The number of rotatable bonds is 3. The SMILES string of the molecule is C=C/N=C/C(=O)NC=C. The molecular formula is C6H8N2O. The molecule has 1 amide bonds. The van der Waals surface area contributed by atoms with Crippen LogP contribution in [0.4, 0.5) is 0 Å². The highest BCUT2D eigenvalue weighted by molar-refractivity contribution is 6.26. The van der Waals surface area contributed by atoms with Gasteiger partial charge in [0.15, 0.2) is 0 Å². The second-order valence-corrected chi connectivity index (χ2v) is 1.17. The molecule has 0 atom stereocenters. The monoisotopic (exact) mass is 124 g/mol. The minimum Gasteiger partial charge on any atom is -0.328 e. The third kappa shape index (κ3) is 4.47. The zero-order valence-corrected chi connectivity index (χ0v) is 5.00. The molecule has 0 aromatic carbocycles. The summed E-state index contributed by atoms with van der Waals surface area (Å²) in [6, 6.07) is 0. The van der Waals surface area contributed by atoms with Crippen LogP contribution in [-0.4, -0.2) is 12.1 Å². The molecule has 0 radical (unpaired) electrons. The first-order chi connectivity index (χ1) is 4.31. The molecule has 1 N–H and O–H groups in total. The van der Waals surface area contributed by atoms with Crippen LogP contribution in [0.2, 0.25) is 0 Å². The Balaban J connectivity index is 3.61. The maximum absolute atomic E-state index is 10.4. The summed E-state index contributed by atoms with van der Waals surface area (Å²) in [6.07, 6.45) is 3.69. The van der Waals surface area contributed by atoms with Crippen molar-refractivity contribution in [3.8, 4) is 0 Å². The summed E-state index contributed by atoms with van der Waals surface area (Å²) in [5.74, 6) is -0.301. The molecule has 0 aliphatic heterocycles. The maximum atomic E-state index is 10.4. The van der Waals surface area contributed by atoms with Gasteiger partial charge in [0.25, 0.3) is 5.91 Å². The highest BCUT2D eigenvalue weighted by Gasteiger charge is 1.85. The van der Waals surface area contributed by atoms with Crippen molar-refractivity contribution in [1.82, 2.24) is 5.32 Å². The molecule has 48 valence electrons. The predicted octanol–water partition coefficient (Wildman–Crippen LogP) is 0.460. The van der Waals surface area contributed by atoms with E-state index in [9.17, 15) is 4.79 Å². The third-order valence-corrected chi connectivity index (χ3v) is 0.542. The first-order valence-corrected chi connectivity index (χ1v) is 2.36. The van der Waals surface area contributed by atoms with Crippen LogP contribution in [0.3, 0.4) is 0 Å². The van der Waals surface area contributed by atoms with E-state index in [-0.39, 0.29) is 5.91 Å². The van der Waals surface area contributed by atoms with Gasteiger partial charge in [-0.05, 0) is 6.20 Å². The quantitative estimate of drug-likeness (QED) is 0.545. The normalized spacial score (nSPS) is 8.89. The van der Waals surface area contributed by atoms with Crippen molar-refractivity contribution in [3.63, 3.8) is 0 Å². The molecule has 0 fully saturated rings. The van der Waals surface area contributed by atoms with Crippen molar-refractivity contribution in [1.29, 1.82) is 0 Å². The fourth-order valence-electron chi connectivity index (χ4n) is 0.258. The van der Waals surface area contributed by atoms with Gasteiger partial charge in [0.1, 0.15) is 0 Å². The van der Waals surface area contributed by atoms with E-state index in [4.69, 9.17) is 0 Å². The van der Waals surface area contributed by atoms with Crippen molar-refractivity contribution >= 4 is 12.1 Å². The van der Waals surface area contributed by atoms with Crippen LogP contribution in [0.15, 0.2) is 30.6 Å². The molecule has 0 rings (SSSR count). The molecule has 0 unspecified atom stereocenters. The van der Waals surface area contributed by atoms with Gasteiger partial charge >= 0.3 is 0 Å². The van der Waals surface area contributed by atoms with E-state index < -0.39 is 0 Å². The molecule has 0 saturated heterocycles. The van der Waals surface area contributed by atoms with Crippen molar-refractivity contribution in [2.75, 3.05) is 0 Å². The molecule has 3 heteroatoms. The number of hydrogen-bond donors (Lipinski definition) is 1. The molecule has 0 bridgehead atoms. The fourth-order valence-corrected chi connectivity index (χ4v) is 0.258. The Hall–Kier alpha value is -1.38. The van der Waals surface area contributed by atoms with Gasteiger partial charge in [-0.25, -0.2) is 0 Å². The van der Waals surface area contributed by atoms with Gasteiger partial charge < -0.3 is 5.32 Å². The number of carbonyl (C=O) groups excluding carboxylic acids is 1. The molecular weight excluding hydrogens is 116 g/mol. The summed E-state index contributed by atoms with van der Waals surface area (Å²) >= 11 is 0. The van der Waals surface area contributed by atoms with Gasteiger partial charge in [0, 0.05) is 6.20 Å². The lowest BCUT2D eigenvalue weighted by molar-refractivity contribution is -0.113. The Morgan fingerprint density at radius 3 is 2.67 bits per heavy atom. The number of hydrogen-bond acceptors (Lipinski definition) is 2. The topological polar surface area (TPSA) is 41.5 Å². The molecule has 0 heterocycles. The van der Waals surface area contributed by atoms with Crippen LogP contribution in [0.1, 0.15) is 0 Å². The molecule has 0 aliphatic rings. The van der Waals surface area contributed by atoms with Gasteiger partial charge in [-0.15, -0.1) is 0 Å². The van der Waals surface area contributed by atoms with Crippen LogP contribution < -0.4 is 5.32 Å². The molecule has 3 nitrogen and oxygen atoms in total. The van der Waals surface area contributed by atoms with E-state index in [0.29, 0.717) is 0 Å². The minimum absolute atomic E-state index is 0.301. The maximum Gasteiger partial charge on any atom is 0.266 e. The third-order valence-electron chi connectivity index (χ3n) is 0.542. The Morgan fingerprint density at radius 1 is 1.56 bits per heavy atom. The van der Waals surface area contributed by atoms with Gasteiger partial charge in [-0.1, -0.05) is 13.2 Å². The van der Waals surface area contributed by atoms with E-state index in [1.807, 2.05) is 0 Å². The fraction of sp³-hybridized carbons (Fsp3) is 0. The van der Waals surface area contributed by atoms with Gasteiger partial charge in [0.2, 0.25) is 0 Å². The Labute approximate surface area is 53.8 Å². The summed E-state index contributed by atoms with van der Waals surface area (Å²) in [5.41, 5.74) is 0. The van der Waals surface area contributed by atoms with Gasteiger partial charge in [0.05, 0.1) is 6.21 Å².